The summed E-state index contributed by atoms with van der Waals surface area (Å²) in [6, 6.07) is 3.94. The summed E-state index contributed by atoms with van der Waals surface area (Å²) in [4.78, 5) is 4.29. The first kappa shape index (κ1) is 14.0. The zero-order chi connectivity index (χ0) is 11.6. The first-order chi connectivity index (χ1) is 7.84. The van der Waals surface area contributed by atoms with Gasteiger partial charge in [0.25, 0.3) is 0 Å². The molecule has 0 saturated carbocycles. The van der Waals surface area contributed by atoms with E-state index in [0.29, 0.717) is 0 Å². The van der Waals surface area contributed by atoms with E-state index in [0.717, 1.165) is 41.4 Å². The SMILES string of the molecule is COCCCNCCSc1ncccc1Br. The molecule has 90 valence electrons. The molecule has 0 atom stereocenters. The van der Waals surface area contributed by atoms with Gasteiger partial charge < -0.3 is 10.1 Å². The highest BCUT2D eigenvalue weighted by Crippen LogP contribution is 2.23. The van der Waals surface area contributed by atoms with E-state index in [1.54, 1.807) is 18.9 Å². The Morgan fingerprint density at radius 2 is 2.38 bits per heavy atom. The second-order valence-corrected chi connectivity index (χ2v) is 5.17. The van der Waals surface area contributed by atoms with E-state index in [1.165, 1.54) is 0 Å². The van der Waals surface area contributed by atoms with Crippen LogP contribution < -0.4 is 5.32 Å². The molecule has 5 heteroatoms. The third kappa shape index (κ3) is 5.84. The summed E-state index contributed by atoms with van der Waals surface area (Å²) in [6.07, 6.45) is 2.88. The van der Waals surface area contributed by atoms with Gasteiger partial charge in [-0.2, -0.15) is 0 Å². The number of ether oxygens (including phenoxy) is 1. The van der Waals surface area contributed by atoms with Crippen molar-refractivity contribution < 1.29 is 4.74 Å². The van der Waals surface area contributed by atoms with E-state index in [4.69, 9.17) is 4.74 Å². The minimum Gasteiger partial charge on any atom is -0.385 e. The first-order valence-electron chi connectivity index (χ1n) is 5.27. The quantitative estimate of drug-likeness (QED) is 0.591. The monoisotopic (exact) mass is 304 g/mol. The van der Waals surface area contributed by atoms with E-state index in [1.807, 2.05) is 18.3 Å². The van der Waals surface area contributed by atoms with Crippen molar-refractivity contribution in [1.29, 1.82) is 0 Å². The second kappa shape index (κ2) is 8.98. The summed E-state index contributed by atoms with van der Waals surface area (Å²) < 4.78 is 6.04. The number of pyridine rings is 1. The third-order valence-corrected chi connectivity index (χ3v) is 3.85. The summed E-state index contributed by atoms with van der Waals surface area (Å²) in [5.74, 6) is 1.03. The zero-order valence-electron chi connectivity index (χ0n) is 9.41. The maximum absolute atomic E-state index is 4.97. The molecule has 1 aromatic rings. The van der Waals surface area contributed by atoms with Crippen LogP contribution in [0.4, 0.5) is 0 Å². The highest BCUT2D eigenvalue weighted by Gasteiger charge is 1.99. The van der Waals surface area contributed by atoms with Gasteiger partial charge in [0.2, 0.25) is 0 Å². The van der Waals surface area contributed by atoms with Gasteiger partial charge in [0.15, 0.2) is 0 Å². The Morgan fingerprint density at radius 3 is 3.12 bits per heavy atom. The van der Waals surface area contributed by atoms with Crippen molar-refractivity contribution in [3.63, 3.8) is 0 Å². The fourth-order valence-electron chi connectivity index (χ4n) is 1.16. The molecule has 0 amide bonds. The van der Waals surface area contributed by atoms with E-state index < -0.39 is 0 Å². The molecule has 0 aromatic carbocycles. The van der Waals surface area contributed by atoms with Crippen molar-refractivity contribution in [2.24, 2.45) is 0 Å². The number of hydrogen-bond donors (Lipinski definition) is 1. The largest absolute Gasteiger partial charge is 0.385 e. The molecule has 0 bridgehead atoms. The molecule has 1 aromatic heterocycles. The van der Waals surface area contributed by atoms with Crippen LogP contribution in [0.25, 0.3) is 0 Å². The Morgan fingerprint density at radius 1 is 1.50 bits per heavy atom. The van der Waals surface area contributed by atoms with Gasteiger partial charge in [-0.25, -0.2) is 4.98 Å². The molecular formula is C11H17BrN2OS. The topological polar surface area (TPSA) is 34.1 Å². The molecule has 0 saturated heterocycles. The minimum absolute atomic E-state index is 0.825. The number of aromatic nitrogens is 1. The lowest BCUT2D eigenvalue weighted by molar-refractivity contribution is 0.194. The van der Waals surface area contributed by atoms with Crippen molar-refractivity contribution in [3.05, 3.63) is 22.8 Å². The lowest BCUT2D eigenvalue weighted by Crippen LogP contribution is -2.19. The fourth-order valence-corrected chi connectivity index (χ4v) is 2.54. The molecule has 3 nitrogen and oxygen atoms in total. The first-order valence-corrected chi connectivity index (χ1v) is 7.05. The Labute approximate surface area is 109 Å². The zero-order valence-corrected chi connectivity index (χ0v) is 11.8. The lowest BCUT2D eigenvalue weighted by atomic mass is 10.4. The summed E-state index contributed by atoms with van der Waals surface area (Å²) in [5.41, 5.74) is 0. The van der Waals surface area contributed by atoms with Crippen LogP contribution in [0.2, 0.25) is 0 Å². The van der Waals surface area contributed by atoms with Crippen molar-refractivity contribution >= 4 is 27.7 Å². The van der Waals surface area contributed by atoms with Crippen molar-refractivity contribution in [2.75, 3.05) is 32.6 Å². The Balaban J connectivity index is 2.05. The van der Waals surface area contributed by atoms with Crippen LogP contribution >= 0.6 is 27.7 Å². The molecular weight excluding hydrogens is 288 g/mol. The van der Waals surface area contributed by atoms with E-state index in [2.05, 4.69) is 26.2 Å². The highest BCUT2D eigenvalue weighted by atomic mass is 79.9. The lowest BCUT2D eigenvalue weighted by Gasteiger charge is -2.04. The average molecular weight is 305 g/mol. The Hall–Kier alpha value is -0.100. The van der Waals surface area contributed by atoms with E-state index >= 15 is 0 Å². The maximum Gasteiger partial charge on any atom is 0.110 e. The van der Waals surface area contributed by atoms with Gasteiger partial charge in [0.1, 0.15) is 5.03 Å². The van der Waals surface area contributed by atoms with Crippen LogP contribution in [0.3, 0.4) is 0 Å². The number of nitrogens with one attached hydrogen (secondary N) is 1. The molecule has 1 N–H and O–H groups in total. The maximum atomic E-state index is 4.97. The smallest absolute Gasteiger partial charge is 0.110 e. The van der Waals surface area contributed by atoms with Crippen LogP contribution in [-0.2, 0) is 4.74 Å². The number of rotatable bonds is 8. The predicted molar refractivity (Wildman–Crippen MR) is 72.0 cm³/mol. The fraction of sp³-hybridized carbons (Fsp3) is 0.545. The van der Waals surface area contributed by atoms with Gasteiger partial charge in [0, 0.05) is 36.7 Å². The van der Waals surface area contributed by atoms with E-state index in [-0.39, 0.29) is 0 Å². The molecule has 1 heterocycles. The standard InChI is InChI=1S/C11H17BrN2OS/c1-15-8-3-5-13-7-9-16-11-10(12)4-2-6-14-11/h2,4,6,13H,3,5,7-9H2,1H3. The van der Waals surface area contributed by atoms with Gasteiger partial charge >= 0.3 is 0 Å². The number of halogens is 1. The normalized spacial score (nSPS) is 10.6. The third-order valence-electron chi connectivity index (χ3n) is 1.94. The summed E-state index contributed by atoms with van der Waals surface area (Å²) in [5, 5.41) is 4.42. The molecule has 0 aliphatic heterocycles. The Bertz CT molecular complexity index is 299. The number of hydrogen-bond acceptors (Lipinski definition) is 4. The summed E-state index contributed by atoms with van der Waals surface area (Å²) >= 11 is 5.24. The van der Waals surface area contributed by atoms with Gasteiger partial charge in [-0.3, -0.25) is 0 Å². The van der Waals surface area contributed by atoms with Crippen molar-refractivity contribution in [1.82, 2.24) is 10.3 Å². The summed E-state index contributed by atoms with van der Waals surface area (Å²) in [6.45, 7) is 2.83. The molecule has 0 spiro atoms. The van der Waals surface area contributed by atoms with Gasteiger partial charge in [-0.15, -0.1) is 11.8 Å². The van der Waals surface area contributed by atoms with Crippen LogP contribution in [0.5, 0.6) is 0 Å². The van der Waals surface area contributed by atoms with Crippen molar-refractivity contribution in [3.8, 4) is 0 Å². The molecule has 1 rings (SSSR count). The van der Waals surface area contributed by atoms with Crippen LogP contribution in [0.1, 0.15) is 6.42 Å². The number of methoxy groups -OCH3 is 1. The molecule has 0 aliphatic carbocycles. The predicted octanol–water partition coefficient (Wildman–Crippen LogP) is 2.56. The molecule has 0 fully saturated rings. The number of thioether (sulfide) groups is 1. The van der Waals surface area contributed by atoms with E-state index in [9.17, 15) is 0 Å². The van der Waals surface area contributed by atoms with Crippen LogP contribution in [0.15, 0.2) is 27.8 Å². The van der Waals surface area contributed by atoms with Gasteiger partial charge in [0.05, 0.1) is 0 Å². The highest BCUT2D eigenvalue weighted by molar-refractivity contribution is 9.10. The Kier molecular flexibility index (Phi) is 7.84. The van der Waals surface area contributed by atoms with Gasteiger partial charge in [-0.05, 0) is 41.0 Å². The molecule has 0 unspecified atom stereocenters. The molecule has 0 aliphatic rings. The number of nitrogens with zero attached hydrogens (tertiary/aromatic N) is 1. The van der Waals surface area contributed by atoms with Gasteiger partial charge in [-0.1, -0.05) is 0 Å². The second-order valence-electron chi connectivity index (χ2n) is 3.24. The minimum atomic E-state index is 0.825. The molecule has 0 radical (unpaired) electrons. The molecule has 16 heavy (non-hydrogen) atoms. The summed E-state index contributed by atoms with van der Waals surface area (Å²) in [7, 11) is 1.73. The average Bonchev–Trinajstić information content (AvgIpc) is 2.30. The van der Waals surface area contributed by atoms with Crippen LogP contribution in [0, 0.1) is 0 Å². The van der Waals surface area contributed by atoms with Crippen molar-refractivity contribution in [2.45, 2.75) is 11.4 Å². The van der Waals surface area contributed by atoms with Crippen LogP contribution in [-0.4, -0.2) is 37.5 Å².